The largest absolute Gasteiger partial charge is 0.433 e. The number of aromatic nitrogens is 1. The van der Waals surface area contributed by atoms with E-state index < -0.39 is 11.9 Å². The summed E-state index contributed by atoms with van der Waals surface area (Å²) in [7, 11) is 0. The van der Waals surface area contributed by atoms with Crippen molar-refractivity contribution in [2.45, 2.75) is 103 Å². The van der Waals surface area contributed by atoms with E-state index >= 15 is 0 Å². The molecule has 4 heteroatoms. The molecule has 0 spiro atoms. The molecular formula is C27H38F3N. The fraction of sp³-hybridized carbons (Fsp3) is 0.741. The predicted octanol–water partition coefficient (Wildman–Crippen LogP) is 8.43. The first-order chi connectivity index (χ1) is 15.0. The zero-order valence-electron chi connectivity index (χ0n) is 19.0. The Morgan fingerprint density at radius 3 is 2.10 bits per heavy atom. The summed E-state index contributed by atoms with van der Waals surface area (Å²) < 4.78 is 37.8. The highest BCUT2D eigenvalue weighted by Crippen LogP contribution is 2.42. The van der Waals surface area contributed by atoms with Crippen LogP contribution in [-0.2, 0) is 6.18 Å². The Morgan fingerprint density at radius 1 is 0.871 bits per heavy atom. The van der Waals surface area contributed by atoms with Crippen molar-refractivity contribution in [3.8, 4) is 11.8 Å². The minimum atomic E-state index is -4.39. The van der Waals surface area contributed by atoms with Crippen LogP contribution in [0.15, 0.2) is 18.3 Å². The zero-order chi connectivity index (χ0) is 22.1. The maximum atomic E-state index is 12.6. The molecule has 172 valence electrons. The molecule has 0 N–H and O–H groups in total. The first-order valence-electron chi connectivity index (χ1n) is 12.5. The molecule has 0 unspecified atom stereocenters. The quantitative estimate of drug-likeness (QED) is 0.311. The second-order valence-corrected chi connectivity index (χ2v) is 9.79. The van der Waals surface area contributed by atoms with Crippen molar-refractivity contribution in [3.63, 3.8) is 0 Å². The molecule has 0 aliphatic heterocycles. The molecule has 1 heterocycles. The monoisotopic (exact) mass is 433 g/mol. The number of hydrogen-bond acceptors (Lipinski definition) is 1. The van der Waals surface area contributed by atoms with Gasteiger partial charge in [0.1, 0.15) is 5.69 Å². The summed E-state index contributed by atoms with van der Waals surface area (Å²) in [4.78, 5) is 3.50. The number of nitrogens with zero attached hydrogens (tertiary/aromatic N) is 1. The lowest BCUT2D eigenvalue weighted by molar-refractivity contribution is -0.141. The summed E-state index contributed by atoms with van der Waals surface area (Å²) in [5, 5.41) is 0. The van der Waals surface area contributed by atoms with Crippen LogP contribution in [0.5, 0.6) is 0 Å². The minimum Gasteiger partial charge on any atom is -0.250 e. The first-order valence-corrected chi connectivity index (χ1v) is 12.5. The van der Waals surface area contributed by atoms with Gasteiger partial charge in [-0.25, -0.2) is 0 Å². The minimum absolute atomic E-state index is 0.373. The number of unbranched alkanes of at least 4 members (excludes halogenated alkanes) is 4. The maximum Gasteiger partial charge on any atom is 0.433 e. The Balaban J connectivity index is 1.36. The van der Waals surface area contributed by atoms with E-state index in [1.807, 2.05) is 0 Å². The standard InChI is InChI=1S/C27H38F3N/c1-2-3-4-5-6-7-21-10-15-24(16-11-21)25-17-12-22(13-18-25)8-9-23-14-19-26(31-20-23)27(28,29)30/h14,19-22,24-25H,2-7,10-13,15-18H2,1H3/t21-,22-,24-,25-. The van der Waals surface area contributed by atoms with Crippen molar-refractivity contribution in [1.29, 1.82) is 0 Å². The molecule has 1 nitrogen and oxygen atoms in total. The molecule has 0 radical (unpaired) electrons. The summed E-state index contributed by atoms with van der Waals surface area (Å²) >= 11 is 0. The molecule has 3 rings (SSSR count). The lowest BCUT2D eigenvalue weighted by Gasteiger charge is -2.37. The molecular weight excluding hydrogens is 395 g/mol. The average Bonchev–Trinajstić information content (AvgIpc) is 2.78. The van der Waals surface area contributed by atoms with Gasteiger partial charge in [-0.15, -0.1) is 0 Å². The van der Waals surface area contributed by atoms with Crippen molar-refractivity contribution in [2.24, 2.45) is 23.7 Å². The first kappa shape index (κ1) is 24.1. The van der Waals surface area contributed by atoms with Gasteiger partial charge < -0.3 is 0 Å². The molecule has 2 aliphatic rings. The molecule has 0 bridgehead atoms. The van der Waals surface area contributed by atoms with Crippen LogP contribution in [0.2, 0.25) is 0 Å². The van der Waals surface area contributed by atoms with Crippen molar-refractivity contribution in [2.75, 3.05) is 0 Å². The highest BCUT2D eigenvalue weighted by atomic mass is 19.4. The molecule has 0 aromatic carbocycles. The van der Waals surface area contributed by atoms with Gasteiger partial charge in [-0.3, -0.25) is 4.98 Å². The predicted molar refractivity (Wildman–Crippen MR) is 120 cm³/mol. The van der Waals surface area contributed by atoms with E-state index in [2.05, 4.69) is 23.7 Å². The van der Waals surface area contributed by atoms with Crippen molar-refractivity contribution < 1.29 is 13.2 Å². The van der Waals surface area contributed by atoms with Crippen molar-refractivity contribution in [3.05, 3.63) is 29.6 Å². The average molecular weight is 434 g/mol. The topological polar surface area (TPSA) is 12.9 Å². The van der Waals surface area contributed by atoms with Crippen LogP contribution in [0.25, 0.3) is 0 Å². The summed E-state index contributed by atoms with van der Waals surface area (Å²) in [5.74, 6) is 9.45. The third kappa shape index (κ3) is 7.85. The Morgan fingerprint density at radius 2 is 1.52 bits per heavy atom. The van der Waals surface area contributed by atoms with Crippen LogP contribution in [-0.4, -0.2) is 4.98 Å². The normalized spacial score (nSPS) is 26.8. The molecule has 2 saturated carbocycles. The van der Waals surface area contributed by atoms with E-state index in [4.69, 9.17) is 0 Å². The van der Waals surface area contributed by atoms with Crippen LogP contribution in [0.4, 0.5) is 13.2 Å². The van der Waals surface area contributed by atoms with Gasteiger partial charge in [0.2, 0.25) is 0 Å². The van der Waals surface area contributed by atoms with Gasteiger partial charge in [0.15, 0.2) is 0 Å². The Kier molecular flexibility index (Phi) is 9.30. The summed E-state index contributed by atoms with van der Waals surface area (Å²) in [6.45, 7) is 2.28. The molecule has 2 fully saturated rings. The molecule has 2 aliphatic carbocycles. The summed E-state index contributed by atoms with van der Waals surface area (Å²) in [5.41, 5.74) is -0.284. The third-order valence-corrected chi connectivity index (χ3v) is 7.52. The molecule has 1 aromatic rings. The van der Waals surface area contributed by atoms with E-state index in [1.165, 1.54) is 89.3 Å². The molecule has 0 amide bonds. The fourth-order valence-corrected chi connectivity index (χ4v) is 5.54. The fourth-order valence-electron chi connectivity index (χ4n) is 5.54. The number of alkyl halides is 3. The van der Waals surface area contributed by atoms with E-state index in [9.17, 15) is 13.2 Å². The van der Waals surface area contributed by atoms with E-state index in [-0.39, 0.29) is 0 Å². The van der Waals surface area contributed by atoms with Crippen LogP contribution < -0.4 is 0 Å². The highest BCUT2D eigenvalue weighted by molar-refractivity contribution is 5.33. The second kappa shape index (κ2) is 11.9. The van der Waals surface area contributed by atoms with Crippen LogP contribution in [0, 0.1) is 35.5 Å². The molecule has 1 aromatic heterocycles. The maximum absolute atomic E-state index is 12.6. The van der Waals surface area contributed by atoms with Gasteiger partial charge in [-0.2, -0.15) is 13.2 Å². The number of hydrogen-bond donors (Lipinski definition) is 0. The summed E-state index contributed by atoms with van der Waals surface area (Å²) in [6, 6.07) is 2.44. The lowest BCUT2D eigenvalue weighted by Crippen LogP contribution is -2.25. The third-order valence-electron chi connectivity index (χ3n) is 7.52. The van der Waals surface area contributed by atoms with E-state index in [0.29, 0.717) is 11.5 Å². The Labute approximate surface area is 186 Å². The highest BCUT2D eigenvalue weighted by Gasteiger charge is 2.32. The zero-order valence-corrected chi connectivity index (χ0v) is 19.0. The van der Waals surface area contributed by atoms with E-state index in [0.717, 1.165) is 36.7 Å². The van der Waals surface area contributed by atoms with Gasteiger partial charge in [-0.05, 0) is 68.4 Å². The SMILES string of the molecule is CCCCCCC[C@H]1CC[C@H]([C@H]2CC[C@H](C#Cc3ccc(C(F)(F)F)nc3)CC2)CC1. The summed E-state index contributed by atoms with van der Waals surface area (Å²) in [6.07, 6.45) is 15.7. The van der Waals surface area contributed by atoms with Gasteiger partial charge in [-0.1, -0.05) is 70.1 Å². The van der Waals surface area contributed by atoms with Crippen molar-refractivity contribution >= 4 is 0 Å². The van der Waals surface area contributed by atoms with Crippen molar-refractivity contribution in [1.82, 2.24) is 4.98 Å². The number of pyridine rings is 1. The Hall–Kier alpha value is -1.50. The second-order valence-electron chi connectivity index (χ2n) is 9.79. The van der Waals surface area contributed by atoms with E-state index in [1.54, 1.807) is 0 Å². The van der Waals surface area contributed by atoms with Crippen LogP contribution in [0.1, 0.15) is 108 Å². The van der Waals surface area contributed by atoms with Gasteiger partial charge >= 0.3 is 6.18 Å². The molecule has 31 heavy (non-hydrogen) atoms. The lowest BCUT2D eigenvalue weighted by atomic mass is 9.69. The van der Waals surface area contributed by atoms with Gasteiger partial charge in [0.05, 0.1) is 0 Å². The van der Waals surface area contributed by atoms with Crippen LogP contribution >= 0.6 is 0 Å². The number of halogens is 3. The van der Waals surface area contributed by atoms with Gasteiger partial charge in [0, 0.05) is 17.7 Å². The Bertz CT molecular complexity index is 697. The molecule has 0 atom stereocenters. The van der Waals surface area contributed by atoms with Crippen LogP contribution in [0.3, 0.4) is 0 Å². The smallest absolute Gasteiger partial charge is 0.250 e. The number of rotatable bonds is 7. The van der Waals surface area contributed by atoms with Gasteiger partial charge in [0.25, 0.3) is 0 Å². The molecule has 0 saturated heterocycles.